The number of nitrogens with one attached hydrogen (secondary N) is 1. The molecule has 2 atom stereocenters. The van der Waals surface area contributed by atoms with Crippen molar-refractivity contribution < 1.29 is 9.47 Å². The van der Waals surface area contributed by atoms with Crippen LogP contribution >= 0.6 is 0 Å². The van der Waals surface area contributed by atoms with Gasteiger partial charge in [-0.2, -0.15) is 0 Å². The third-order valence-electron chi connectivity index (χ3n) is 2.70. The van der Waals surface area contributed by atoms with Gasteiger partial charge in [0.1, 0.15) is 0 Å². The second-order valence-corrected chi connectivity index (χ2v) is 3.82. The minimum absolute atomic E-state index is 0.146. The van der Waals surface area contributed by atoms with E-state index in [-0.39, 0.29) is 6.10 Å². The fraction of sp³-hybridized carbons (Fsp3) is 1.00. The molecule has 0 radical (unpaired) electrons. The van der Waals surface area contributed by atoms with Crippen LogP contribution < -0.4 is 11.1 Å². The van der Waals surface area contributed by atoms with Gasteiger partial charge in [0, 0.05) is 20.8 Å². The van der Waals surface area contributed by atoms with E-state index in [1.165, 1.54) is 0 Å². The van der Waals surface area contributed by atoms with Crippen molar-refractivity contribution in [1.82, 2.24) is 5.32 Å². The van der Waals surface area contributed by atoms with Gasteiger partial charge in [0.15, 0.2) is 0 Å². The predicted molar refractivity (Wildman–Crippen MR) is 63.0 cm³/mol. The number of hydrogen-bond donors (Lipinski definition) is 2. The normalized spacial score (nSPS) is 15.2. The smallest absolute Gasteiger partial charge is 0.0928 e. The summed E-state index contributed by atoms with van der Waals surface area (Å²) < 4.78 is 10.3. The summed E-state index contributed by atoms with van der Waals surface area (Å²) in [5, 5.41) is 3.36. The van der Waals surface area contributed by atoms with Gasteiger partial charge in [-0.25, -0.2) is 0 Å². The Labute approximate surface area is 93.5 Å². The zero-order valence-electron chi connectivity index (χ0n) is 10.3. The molecule has 0 aliphatic rings. The van der Waals surface area contributed by atoms with Crippen LogP contribution in [0, 0.1) is 5.92 Å². The van der Waals surface area contributed by atoms with Crippen molar-refractivity contribution >= 4 is 0 Å². The first-order chi connectivity index (χ1) is 7.28. The van der Waals surface area contributed by atoms with Gasteiger partial charge in [0.05, 0.1) is 12.7 Å². The van der Waals surface area contributed by atoms with E-state index in [1.807, 2.05) is 0 Å². The molecule has 0 amide bonds. The fourth-order valence-corrected chi connectivity index (χ4v) is 1.45. The Kier molecular flexibility index (Phi) is 10.3. The van der Waals surface area contributed by atoms with Crippen molar-refractivity contribution in [1.29, 1.82) is 0 Å². The Morgan fingerprint density at radius 1 is 1.33 bits per heavy atom. The number of hydrogen-bond acceptors (Lipinski definition) is 4. The summed E-state index contributed by atoms with van der Waals surface area (Å²) in [7, 11) is 3.40. The standard InChI is InChI=1S/C11H26N2O2/c1-4-10(7-12)5-6-13-8-11(15-3)9-14-2/h10-11,13H,4-9,12H2,1-3H3. The van der Waals surface area contributed by atoms with E-state index in [0.717, 1.165) is 32.5 Å². The molecule has 0 aliphatic carbocycles. The summed E-state index contributed by atoms with van der Waals surface area (Å²) in [6.07, 6.45) is 2.44. The highest BCUT2D eigenvalue weighted by Crippen LogP contribution is 2.04. The highest BCUT2D eigenvalue weighted by molar-refractivity contribution is 4.63. The molecular weight excluding hydrogens is 192 g/mol. The van der Waals surface area contributed by atoms with Crippen molar-refractivity contribution in [3.63, 3.8) is 0 Å². The molecule has 0 heterocycles. The lowest BCUT2D eigenvalue weighted by Crippen LogP contribution is -2.33. The van der Waals surface area contributed by atoms with Crippen LogP contribution in [0.25, 0.3) is 0 Å². The Morgan fingerprint density at radius 2 is 2.07 bits per heavy atom. The average molecular weight is 218 g/mol. The molecule has 0 aromatic rings. The summed E-state index contributed by atoms with van der Waals surface area (Å²) >= 11 is 0. The number of nitrogens with two attached hydrogens (primary N) is 1. The van der Waals surface area contributed by atoms with Gasteiger partial charge in [-0.05, 0) is 25.4 Å². The molecule has 0 saturated heterocycles. The van der Waals surface area contributed by atoms with E-state index in [0.29, 0.717) is 12.5 Å². The third-order valence-corrected chi connectivity index (χ3v) is 2.70. The maximum absolute atomic E-state index is 5.63. The highest BCUT2D eigenvalue weighted by Gasteiger charge is 2.07. The quantitative estimate of drug-likeness (QED) is 0.528. The molecule has 0 rings (SSSR count). The zero-order valence-corrected chi connectivity index (χ0v) is 10.3. The Bertz CT molecular complexity index is 130. The van der Waals surface area contributed by atoms with E-state index in [4.69, 9.17) is 15.2 Å². The summed E-state index contributed by atoms with van der Waals surface area (Å²) in [5.74, 6) is 0.640. The topological polar surface area (TPSA) is 56.5 Å². The molecule has 2 unspecified atom stereocenters. The van der Waals surface area contributed by atoms with Gasteiger partial charge in [-0.1, -0.05) is 13.3 Å². The molecule has 0 fully saturated rings. The molecule has 0 spiro atoms. The van der Waals surface area contributed by atoms with Gasteiger partial charge in [0.25, 0.3) is 0 Å². The van der Waals surface area contributed by atoms with Gasteiger partial charge in [0.2, 0.25) is 0 Å². The molecule has 0 aromatic heterocycles. The van der Waals surface area contributed by atoms with Crippen LogP contribution in [0.2, 0.25) is 0 Å². The van der Waals surface area contributed by atoms with E-state index in [9.17, 15) is 0 Å². The molecule has 4 nitrogen and oxygen atoms in total. The minimum Gasteiger partial charge on any atom is -0.382 e. The molecular formula is C11H26N2O2. The van der Waals surface area contributed by atoms with E-state index in [1.54, 1.807) is 14.2 Å². The van der Waals surface area contributed by atoms with Crippen molar-refractivity contribution in [2.45, 2.75) is 25.9 Å². The van der Waals surface area contributed by atoms with Crippen molar-refractivity contribution in [3.05, 3.63) is 0 Å². The van der Waals surface area contributed by atoms with Crippen molar-refractivity contribution in [2.75, 3.05) is 40.5 Å². The van der Waals surface area contributed by atoms with Gasteiger partial charge < -0.3 is 20.5 Å². The van der Waals surface area contributed by atoms with Crippen LogP contribution in [-0.4, -0.2) is 46.6 Å². The molecule has 15 heavy (non-hydrogen) atoms. The molecule has 0 aliphatic heterocycles. The first kappa shape index (κ1) is 14.8. The summed E-state index contributed by atoms with van der Waals surface area (Å²) in [5.41, 5.74) is 5.63. The molecule has 3 N–H and O–H groups in total. The van der Waals surface area contributed by atoms with E-state index in [2.05, 4.69) is 12.2 Å². The second-order valence-electron chi connectivity index (χ2n) is 3.82. The van der Waals surface area contributed by atoms with Crippen LogP contribution in [0.4, 0.5) is 0 Å². The number of methoxy groups -OCH3 is 2. The molecule has 4 heteroatoms. The van der Waals surface area contributed by atoms with Gasteiger partial charge >= 0.3 is 0 Å². The largest absolute Gasteiger partial charge is 0.382 e. The number of rotatable bonds is 10. The molecule has 0 saturated carbocycles. The minimum atomic E-state index is 0.146. The fourth-order valence-electron chi connectivity index (χ4n) is 1.45. The van der Waals surface area contributed by atoms with Gasteiger partial charge in [-0.15, -0.1) is 0 Å². The number of ether oxygens (including phenoxy) is 2. The van der Waals surface area contributed by atoms with Crippen LogP contribution in [0.5, 0.6) is 0 Å². The predicted octanol–water partition coefficient (Wildman–Crippen LogP) is 0.612. The van der Waals surface area contributed by atoms with E-state index < -0.39 is 0 Å². The van der Waals surface area contributed by atoms with Gasteiger partial charge in [-0.3, -0.25) is 0 Å². The van der Waals surface area contributed by atoms with Crippen molar-refractivity contribution in [2.24, 2.45) is 11.7 Å². The zero-order chi connectivity index (χ0) is 11.5. The van der Waals surface area contributed by atoms with Crippen LogP contribution in [-0.2, 0) is 9.47 Å². The second kappa shape index (κ2) is 10.4. The summed E-state index contributed by atoms with van der Waals surface area (Å²) in [6.45, 7) is 5.44. The molecule has 0 bridgehead atoms. The SMILES string of the molecule is CCC(CN)CCNCC(COC)OC. The average Bonchev–Trinajstić information content (AvgIpc) is 2.28. The van der Waals surface area contributed by atoms with Crippen LogP contribution in [0.3, 0.4) is 0 Å². The first-order valence-electron chi connectivity index (χ1n) is 5.70. The maximum Gasteiger partial charge on any atom is 0.0928 e. The molecule has 0 aromatic carbocycles. The lowest BCUT2D eigenvalue weighted by atomic mass is 10.0. The highest BCUT2D eigenvalue weighted by atomic mass is 16.5. The third kappa shape index (κ3) is 7.73. The Morgan fingerprint density at radius 3 is 2.53 bits per heavy atom. The summed E-state index contributed by atoms with van der Waals surface area (Å²) in [4.78, 5) is 0. The molecule has 92 valence electrons. The summed E-state index contributed by atoms with van der Waals surface area (Å²) in [6, 6.07) is 0. The van der Waals surface area contributed by atoms with Crippen LogP contribution in [0.1, 0.15) is 19.8 Å². The Balaban J connectivity index is 3.42. The van der Waals surface area contributed by atoms with E-state index >= 15 is 0 Å². The van der Waals surface area contributed by atoms with Crippen molar-refractivity contribution in [3.8, 4) is 0 Å². The first-order valence-corrected chi connectivity index (χ1v) is 5.70. The van der Waals surface area contributed by atoms with Crippen LogP contribution in [0.15, 0.2) is 0 Å². The maximum atomic E-state index is 5.63. The lowest BCUT2D eigenvalue weighted by molar-refractivity contribution is 0.0289. The Hall–Kier alpha value is -0.160. The lowest BCUT2D eigenvalue weighted by Gasteiger charge is -2.16. The monoisotopic (exact) mass is 218 g/mol.